The first-order valence-electron chi connectivity index (χ1n) is 7.91. The van der Waals surface area contributed by atoms with Crippen LogP contribution in [0.3, 0.4) is 0 Å². The molecule has 0 aliphatic carbocycles. The van der Waals surface area contributed by atoms with Crippen molar-refractivity contribution in [1.29, 1.82) is 0 Å². The van der Waals surface area contributed by atoms with Crippen molar-refractivity contribution in [2.45, 2.75) is 0 Å². The Kier molecular flexibility index (Phi) is 6.29. The number of carbonyl (C=O) groups excluding carboxylic acids is 1. The van der Waals surface area contributed by atoms with Crippen molar-refractivity contribution in [3.05, 3.63) is 82.5 Å². The van der Waals surface area contributed by atoms with E-state index in [1.807, 2.05) is 18.2 Å². The summed E-state index contributed by atoms with van der Waals surface area (Å²) in [6.07, 6.45) is 2.92. The molecular formula is C20H14Cl2N2O2S. The fourth-order valence-corrected chi connectivity index (χ4v) is 2.69. The minimum Gasteiger partial charge on any atom is -0.457 e. The van der Waals surface area contributed by atoms with Gasteiger partial charge in [-0.25, -0.2) is 0 Å². The molecule has 0 bridgehead atoms. The highest BCUT2D eigenvalue weighted by atomic mass is 35.5. The molecule has 0 radical (unpaired) electrons. The normalized spacial score (nSPS) is 10.7. The molecule has 136 valence electrons. The summed E-state index contributed by atoms with van der Waals surface area (Å²) < 4.78 is 5.70. The van der Waals surface area contributed by atoms with Gasteiger partial charge in [-0.15, -0.1) is 0 Å². The van der Waals surface area contributed by atoms with Crippen LogP contribution in [-0.2, 0) is 4.79 Å². The Bertz CT molecular complexity index is 980. The minimum absolute atomic E-state index is 0.188. The molecule has 3 rings (SSSR count). The van der Waals surface area contributed by atoms with E-state index in [1.54, 1.807) is 48.5 Å². The highest BCUT2D eigenvalue weighted by Crippen LogP contribution is 2.24. The number of hydrogen-bond donors (Lipinski definition) is 2. The van der Waals surface area contributed by atoms with Crippen molar-refractivity contribution < 1.29 is 9.21 Å². The van der Waals surface area contributed by atoms with E-state index in [9.17, 15) is 4.79 Å². The summed E-state index contributed by atoms with van der Waals surface area (Å²) >= 11 is 16.8. The lowest BCUT2D eigenvalue weighted by Crippen LogP contribution is -2.32. The van der Waals surface area contributed by atoms with Crippen LogP contribution < -0.4 is 10.6 Å². The lowest BCUT2D eigenvalue weighted by Gasteiger charge is -2.07. The van der Waals surface area contributed by atoms with Gasteiger partial charge < -0.3 is 9.73 Å². The van der Waals surface area contributed by atoms with E-state index in [1.165, 1.54) is 6.08 Å². The molecule has 0 unspecified atom stereocenters. The first kappa shape index (κ1) is 19.2. The van der Waals surface area contributed by atoms with Crippen molar-refractivity contribution in [3.8, 4) is 11.3 Å². The molecule has 0 saturated carbocycles. The van der Waals surface area contributed by atoms with Crippen LogP contribution in [-0.4, -0.2) is 11.0 Å². The molecule has 2 N–H and O–H groups in total. The van der Waals surface area contributed by atoms with E-state index in [0.717, 1.165) is 11.3 Å². The van der Waals surface area contributed by atoms with Gasteiger partial charge >= 0.3 is 0 Å². The molecule has 3 aromatic rings. The van der Waals surface area contributed by atoms with E-state index in [0.29, 0.717) is 21.6 Å². The van der Waals surface area contributed by atoms with Gasteiger partial charge in [0.25, 0.3) is 0 Å². The average Bonchev–Trinajstić information content (AvgIpc) is 3.11. The smallest absolute Gasteiger partial charge is 0.250 e. The third-order valence-electron chi connectivity index (χ3n) is 3.49. The molecule has 0 aliphatic heterocycles. The molecular weight excluding hydrogens is 403 g/mol. The number of halogens is 2. The molecule has 1 heterocycles. The SMILES string of the molecule is O=C(C=Cc1ccc(-c2ccc(Cl)cc2)o1)NC(=S)Nc1ccc(Cl)cc1. The summed E-state index contributed by atoms with van der Waals surface area (Å²) in [5, 5.41) is 6.93. The van der Waals surface area contributed by atoms with Crippen LogP contribution in [0, 0.1) is 0 Å². The Morgan fingerprint density at radius 1 is 0.926 bits per heavy atom. The maximum atomic E-state index is 12.0. The molecule has 1 amide bonds. The number of nitrogens with one attached hydrogen (secondary N) is 2. The van der Waals surface area contributed by atoms with Crippen LogP contribution in [0.5, 0.6) is 0 Å². The van der Waals surface area contributed by atoms with E-state index in [-0.39, 0.29) is 11.0 Å². The standard InChI is InChI=1S/C20H14Cl2N2O2S/c21-14-3-1-13(2-4-14)18-11-9-17(26-18)10-12-19(25)24-20(27)23-16-7-5-15(22)6-8-16/h1-12H,(H2,23,24,25,27). The Morgan fingerprint density at radius 3 is 2.22 bits per heavy atom. The van der Waals surface area contributed by atoms with E-state index in [2.05, 4.69) is 10.6 Å². The van der Waals surface area contributed by atoms with Crippen LogP contribution in [0.15, 0.2) is 71.2 Å². The largest absolute Gasteiger partial charge is 0.457 e. The van der Waals surface area contributed by atoms with Gasteiger partial charge in [0.05, 0.1) is 0 Å². The number of anilines is 1. The van der Waals surface area contributed by atoms with Crippen molar-refractivity contribution >= 4 is 58.2 Å². The van der Waals surface area contributed by atoms with E-state index >= 15 is 0 Å². The lowest BCUT2D eigenvalue weighted by molar-refractivity contribution is -0.115. The minimum atomic E-state index is -0.370. The number of hydrogen-bond acceptors (Lipinski definition) is 3. The second-order valence-electron chi connectivity index (χ2n) is 5.49. The van der Waals surface area contributed by atoms with Crippen molar-refractivity contribution in [3.63, 3.8) is 0 Å². The van der Waals surface area contributed by atoms with Crippen LogP contribution in [0.4, 0.5) is 5.69 Å². The fourth-order valence-electron chi connectivity index (χ4n) is 2.22. The van der Waals surface area contributed by atoms with Gasteiger partial charge in [-0.2, -0.15) is 0 Å². The van der Waals surface area contributed by atoms with Gasteiger partial charge in [-0.3, -0.25) is 10.1 Å². The summed E-state index contributed by atoms with van der Waals surface area (Å²) in [6.45, 7) is 0. The lowest BCUT2D eigenvalue weighted by atomic mass is 10.2. The van der Waals surface area contributed by atoms with Crippen LogP contribution >= 0.6 is 35.4 Å². The van der Waals surface area contributed by atoms with Gasteiger partial charge in [0.2, 0.25) is 5.91 Å². The second-order valence-corrected chi connectivity index (χ2v) is 6.77. The Hall–Kier alpha value is -2.60. The molecule has 4 nitrogen and oxygen atoms in total. The predicted octanol–water partition coefficient (Wildman–Crippen LogP) is 5.78. The maximum absolute atomic E-state index is 12.0. The van der Waals surface area contributed by atoms with Gasteiger partial charge in [0.15, 0.2) is 5.11 Å². The van der Waals surface area contributed by atoms with Gasteiger partial charge in [0.1, 0.15) is 11.5 Å². The summed E-state index contributed by atoms with van der Waals surface area (Å²) in [5.74, 6) is 0.865. The Morgan fingerprint density at radius 2 is 1.56 bits per heavy atom. The Labute approximate surface area is 171 Å². The third kappa shape index (κ3) is 5.69. The Balaban J connectivity index is 1.56. The molecule has 2 aromatic carbocycles. The number of benzene rings is 2. The second kappa shape index (κ2) is 8.86. The molecule has 0 fully saturated rings. The summed E-state index contributed by atoms with van der Waals surface area (Å²) in [4.78, 5) is 12.0. The molecule has 0 saturated heterocycles. The highest BCUT2D eigenvalue weighted by Gasteiger charge is 2.05. The summed E-state index contributed by atoms with van der Waals surface area (Å²) in [5.41, 5.74) is 1.63. The quantitative estimate of drug-likeness (QED) is 0.418. The van der Waals surface area contributed by atoms with Crippen molar-refractivity contribution in [1.82, 2.24) is 5.32 Å². The molecule has 27 heavy (non-hydrogen) atoms. The summed E-state index contributed by atoms with van der Waals surface area (Å²) in [6, 6.07) is 17.9. The molecule has 0 atom stereocenters. The van der Waals surface area contributed by atoms with Gasteiger partial charge in [0, 0.05) is 27.4 Å². The van der Waals surface area contributed by atoms with E-state index < -0.39 is 0 Å². The molecule has 7 heteroatoms. The first-order valence-corrected chi connectivity index (χ1v) is 9.07. The van der Waals surface area contributed by atoms with Crippen molar-refractivity contribution in [2.24, 2.45) is 0 Å². The van der Waals surface area contributed by atoms with Gasteiger partial charge in [-0.05, 0) is 79.0 Å². The predicted molar refractivity (Wildman–Crippen MR) is 114 cm³/mol. The molecule has 0 aliphatic rings. The molecule has 0 spiro atoms. The van der Waals surface area contributed by atoms with Gasteiger partial charge in [-0.1, -0.05) is 23.2 Å². The van der Waals surface area contributed by atoms with E-state index in [4.69, 9.17) is 39.8 Å². The maximum Gasteiger partial charge on any atom is 0.250 e. The van der Waals surface area contributed by atoms with Crippen molar-refractivity contribution in [2.75, 3.05) is 5.32 Å². The number of furan rings is 1. The average molecular weight is 417 g/mol. The third-order valence-corrected chi connectivity index (χ3v) is 4.20. The number of thiocarbonyl (C=S) groups is 1. The summed E-state index contributed by atoms with van der Waals surface area (Å²) in [7, 11) is 0. The fraction of sp³-hybridized carbons (Fsp3) is 0. The number of rotatable bonds is 4. The topological polar surface area (TPSA) is 54.3 Å². The van der Waals surface area contributed by atoms with Crippen LogP contribution in [0.1, 0.15) is 5.76 Å². The van der Waals surface area contributed by atoms with Crippen LogP contribution in [0.2, 0.25) is 10.0 Å². The number of carbonyl (C=O) groups is 1. The first-order chi connectivity index (χ1) is 13.0. The molecule has 1 aromatic heterocycles. The monoisotopic (exact) mass is 416 g/mol. The zero-order valence-corrected chi connectivity index (χ0v) is 16.2. The number of amides is 1. The zero-order valence-electron chi connectivity index (χ0n) is 13.9. The highest BCUT2D eigenvalue weighted by molar-refractivity contribution is 7.80. The van der Waals surface area contributed by atoms with Crippen LogP contribution in [0.25, 0.3) is 17.4 Å². The zero-order chi connectivity index (χ0) is 19.2.